The van der Waals surface area contributed by atoms with Crippen LogP contribution in [-0.4, -0.2) is 30.8 Å². The number of methoxy groups -OCH3 is 1. The van der Waals surface area contributed by atoms with Gasteiger partial charge in [0.2, 0.25) is 5.91 Å². The first-order valence-corrected chi connectivity index (χ1v) is 6.81. The number of aldehydes is 1. The molecule has 2 rings (SSSR count). The molecule has 0 aliphatic carbocycles. The largest absolute Gasteiger partial charge is 0.497 e. The van der Waals surface area contributed by atoms with E-state index in [1.54, 1.807) is 7.11 Å². The molecular formula is C17H22N2O3. The first-order chi connectivity index (χ1) is 10.1. The number of fused-ring (bicyclic) bond motifs is 1. The van der Waals surface area contributed by atoms with Gasteiger partial charge in [0.25, 0.3) is 0 Å². The molecule has 0 bridgehead atoms. The molecule has 0 unspecified atom stereocenters. The highest BCUT2D eigenvalue weighted by Crippen LogP contribution is 2.22. The molecule has 1 N–H and O–H groups in total. The minimum atomic E-state index is -0.0517. The van der Waals surface area contributed by atoms with Crippen molar-refractivity contribution in [2.75, 3.05) is 13.7 Å². The fraction of sp³-hybridized carbons (Fsp3) is 0.353. The van der Waals surface area contributed by atoms with Crippen LogP contribution in [0.5, 0.6) is 5.75 Å². The van der Waals surface area contributed by atoms with E-state index in [2.05, 4.69) is 10.3 Å². The summed E-state index contributed by atoms with van der Waals surface area (Å²) in [4.78, 5) is 26.6. The lowest BCUT2D eigenvalue weighted by Gasteiger charge is -2.08. The molecule has 0 atom stereocenters. The molecule has 0 fully saturated rings. The molecule has 1 amide bonds. The molecule has 0 saturated carbocycles. The van der Waals surface area contributed by atoms with Crippen LogP contribution >= 0.6 is 0 Å². The van der Waals surface area contributed by atoms with Crippen molar-refractivity contribution >= 4 is 23.1 Å². The van der Waals surface area contributed by atoms with Crippen molar-refractivity contribution in [1.82, 2.24) is 10.3 Å². The van der Waals surface area contributed by atoms with E-state index in [4.69, 9.17) is 4.74 Å². The van der Waals surface area contributed by atoms with Crippen LogP contribution in [-0.2, 0) is 11.2 Å². The molecule has 0 spiro atoms. The van der Waals surface area contributed by atoms with Gasteiger partial charge in [0.15, 0.2) is 6.29 Å². The van der Waals surface area contributed by atoms with Gasteiger partial charge < -0.3 is 10.1 Å². The summed E-state index contributed by atoms with van der Waals surface area (Å²) < 4.78 is 5.17. The van der Waals surface area contributed by atoms with Gasteiger partial charge in [-0.1, -0.05) is 7.43 Å². The normalized spacial score (nSPS) is 9.91. The fourth-order valence-electron chi connectivity index (χ4n) is 2.16. The van der Waals surface area contributed by atoms with E-state index in [1.165, 1.54) is 6.92 Å². The van der Waals surface area contributed by atoms with Crippen LogP contribution in [0.25, 0.3) is 10.9 Å². The Hall–Kier alpha value is -2.43. The minimum Gasteiger partial charge on any atom is -0.497 e. The van der Waals surface area contributed by atoms with Crippen LogP contribution < -0.4 is 10.1 Å². The number of rotatable bonds is 6. The molecule has 1 aromatic heterocycles. The molecule has 5 heteroatoms. The predicted octanol–water partition coefficient (Wildman–Crippen LogP) is 2.76. The molecule has 22 heavy (non-hydrogen) atoms. The Balaban J connectivity index is 0.00000242. The number of benzene rings is 1. The van der Waals surface area contributed by atoms with Gasteiger partial charge in [-0.2, -0.15) is 0 Å². The van der Waals surface area contributed by atoms with E-state index in [-0.39, 0.29) is 13.3 Å². The standard InChI is InChI=1S/C16H18N2O3.CH4/c1-11(20)17-7-3-4-15-13(10-19)8-12-9-14(21-2)5-6-16(12)18-15;/h5-6,8-10H,3-4,7H2,1-2H3,(H,17,20);1H4. The summed E-state index contributed by atoms with van der Waals surface area (Å²) in [5, 5.41) is 3.61. The Labute approximate surface area is 130 Å². The monoisotopic (exact) mass is 302 g/mol. The second kappa shape index (κ2) is 8.12. The van der Waals surface area contributed by atoms with Crippen LogP contribution in [0.2, 0.25) is 0 Å². The number of nitrogens with zero attached hydrogens (tertiary/aromatic N) is 1. The lowest BCUT2D eigenvalue weighted by Crippen LogP contribution is -2.21. The number of ether oxygens (including phenoxy) is 1. The SMILES string of the molecule is C.COc1ccc2nc(CCCNC(C)=O)c(C=O)cc2c1. The maximum atomic E-state index is 11.2. The number of hydrogen-bond donors (Lipinski definition) is 1. The molecule has 118 valence electrons. The number of carbonyl (C=O) groups excluding carboxylic acids is 2. The van der Waals surface area contributed by atoms with Crippen LogP contribution in [0.1, 0.15) is 36.8 Å². The minimum absolute atomic E-state index is 0. The Kier molecular flexibility index (Phi) is 6.50. The highest BCUT2D eigenvalue weighted by molar-refractivity contribution is 5.88. The number of hydrogen-bond acceptors (Lipinski definition) is 4. The summed E-state index contributed by atoms with van der Waals surface area (Å²) in [6.07, 6.45) is 2.21. The van der Waals surface area contributed by atoms with Gasteiger partial charge in [-0.3, -0.25) is 14.6 Å². The maximum Gasteiger partial charge on any atom is 0.216 e. The van der Waals surface area contributed by atoms with Crippen LogP contribution in [0.4, 0.5) is 0 Å². The third kappa shape index (κ3) is 4.28. The van der Waals surface area contributed by atoms with Crippen LogP contribution in [0, 0.1) is 0 Å². The van der Waals surface area contributed by atoms with E-state index < -0.39 is 0 Å². The van der Waals surface area contributed by atoms with E-state index in [1.807, 2.05) is 24.3 Å². The second-order valence-corrected chi connectivity index (χ2v) is 4.79. The topological polar surface area (TPSA) is 68.3 Å². The number of aryl methyl sites for hydroxylation is 1. The van der Waals surface area contributed by atoms with Crippen molar-refractivity contribution in [3.63, 3.8) is 0 Å². The van der Waals surface area contributed by atoms with Crippen molar-refractivity contribution < 1.29 is 14.3 Å². The molecule has 0 radical (unpaired) electrons. The van der Waals surface area contributed by atoms with Gasteiger partial charge in [-0.25, -0.2) is 0 Å². The molecule has 1 aromatic carbocycles. The second-order valence-electron chi connectivity index (χ2n) is 4.79. The van der Waals surface area contributed by atoms with Gasteiger partial charge in [0.05, 0.1) is 18.3 Å². The molecule has 2 aromatic rings. The summed E-state index contributed by atoms with van der Waals surface area (Å²) in [7, 11) is 1.60. The summed E-state index contributed by atoms with van der Waals surface area (Å²) in [6.45, 7) is 2.06. The van der Waals surface area contributed by atoms with E-state index in [0.29, 0.717) is 18.5 Å². The smallest absolute Gasteiger partial charge is 0.216 e. The quantitative estimate of drug-likeness (QED) is 0.658. The van der Waals surface area contributed by atoms with E-state index >= 15 is 0 Å². The highest BCUT2D eigenvalue weighted by atomic mass is 16.5. The first kappa shape index (κ1) is 17.6. The molecule has 0 saturated heterocycles. The Morgan fingerprint density at radius 2 is 2.14 bits per heavy atom. The van der Waals surface area contributed by atoms with Gasteiger partial charge in [0, 0.05) is 24.4 Å². The van der Waals surface area contributed by atoms with Gasteiger partial charge in [0.1, 0.15) is 5.75 Å². The molecule has 1 heterocycles. The summed E-state index contributed by atoms with van der Waals surface area (Å²) in [6, 6.07) is 7.40. The summed E-state index contributed by atoms with van der Waals surface area (Å²) in [5.41, 5.74) is 2.17. The van der Waals surface area contributed by atoms with Crippen molar-refractivity contribution in [2.45, 2.75) is 27.2 Å². The molecule has 0 aliphatic rings. The van der Waals surface area contributed by atoms with Crippen molar-refractivity contribution in [3.8, 4) is 5.75 Å². The van der Waals surface area contributed by atoms with Crippen molar-refractivity contribution in [3.05, 3.63) is 35.5 Å². The van der Waals surface area contributed by atoms with Gasteiger partial charge in [-0.15, -0.1) is 0 Å². The lowest BCUT2D eigenvalue weighted by atomic mass is 10.1. The fourth-order valence-corrected chi connectivity index (χ4v) is 2.16. The third-order valence-electron chi connectivity index (χ3n) is 3.23. The van der Waals surface area contributed by atoms with Crippen LogP contribution in [0.3, 0.4) is 0 Å². The van der Waals surface area contributed by atoms with E-state index in [0.717, 1.165) is 35.1 Å². The zero-order chi connectivity index (χ0) is 15.2. The third-order valence-corrected chi connectivity index (χ3v) is 3.23. The predicted molar refractivity (Wildman–Crippen MR) is 87.4 cm³/mol. The highest BCUT2D eigenvalue weighted by Gasteiger charge is 2.07. The molecular weight excluding hydrogens is 280 g/mol. The van der Waals surface area contributed by atoms with Crippen molar-refractivity contribution in [2.24, 2.45) is 0 Å². The number of nitrogens with one attached hydrogen (secondary N) is 1. The average Bonchev–Trinajstić information content (AvgIpc) is 2.49. The Bertz CT molecular complexity index is 668. The number of carbonyl (C=O) groups is 2. The zero-order valence-corrected chi connectivity index (χ0v) is 12.2. The zero-order valence-electron chi connectivity index (χ0n) is 12.2. The number of amides is 1. The number of pyridine rings is 1. The van der Waals surface area contributed by atoms with E-state index in [9.17, 15) is 9.59 Å². The Morgan fingerprint density at radius 1 is 1.36 bits per heavy atom. The first-order valence-electron chi connectivity index (χ1n) is 6.81. The summed E-state index contributed by atoms with van der Waals surface area (Å²) in [5.74, 6) is 0.684. The number of aromatic nitrogens is 1. The Morgan fingerprint density at radius 3 is 2.77 bits per heavy atom. The maximum absolute atomic E-state index is 11.2. The van der Waals surface area contributed by atoms with Gasteiger partial charge in [-0.05, 0) is 37.1 Å². The lowest BCUT2D eigenvalue weighted by molar-refractivity contribution is -0.118. The molecule has 5 nitrogen and oxygen atoms in total. The van der Waals surface area contributed by atoms with Gasteiger partial charge >= 0.3 is 0 Å². The van der Waals surface area contributed by atoms with Crippen LogP contribution in [0.15, 0.2) is 24.3 Å². The van der Waals surface area contributed by atoms with Crippen molar-refractivity contribution in [1.29, 1.82) is 0 Å². The average molecular weight is 302 g/mol. The molecule has 0 aliphatic heterocycles. The summed E-state index contributed by atoms with van der Waals surface area (Å²) >= 11 is 0.